The fraction of sp³-hybridized carbons (Fsp3) is 0.0667. The number of H-pyrrole nitrogens is 1. The molecule has 0 bridgehead atoms. The Kier molecular flexibility index (Phi) is 2.52. The number of fused-ring (bicyclic) bond motifs is 1. The van der Waals surface area contributed by atoms with Crippen LogP contribution < -0.4 is 0 Å². The zero-order chi connectivity index (χ0) is 11.8. The summed E-state index contributed by atoms with van der Waals surface area (Å²) in [4.78, 5) is 3.43. The van der Waals surface area contributed by atoms with Crippen LogP contribution in [-0.2, 0) is 0 Å². The standard InChI is InChI=1S/C15H12BrN/c1-10-15(11-5-3-2-4-6-11)13-9-12(16)7-8-14(13)17-10/h2-9,17H,1H3. The molecule has 1 aromatic heterocycles. The zero-order valence-electron chi connectivity index (χ0n) is 9.50. The Morgan fingerprint density at radius 3 is 2.53 bits per heavy atom. The summed E-state index contributed by atoms with van der Waals surface area (Å²) in [6.45, 7) is 2.12. The summed E-state index contributed by atoms with van der Waals surface area (Å²) in [5.41, 5.74) is 4.95. The lowest BCUT2D eigenvalue weighted by atomic mass is 10.0. The third-order valence-electron chi connectivity index (χ3n) is 3.01. The first kappa shape index (κ1) is 10.6. The third kappa shape index (κ3) is 1.79. The minimum absolute atomic E-state index is 1.11. The maximum absolute atomic E-state index is 3.53. The van der Waals surface area contributed by atoms with E-state index < -0.39 is 0 Å². The fourth-order valence-corrected chi connectivity index (χ4v) is 2.64. The summed E-state index contributed by atoms with van der Waals surface area (Å²) >= 11 is 3.53. The average Bonchev–Trinajstić information content (AvgIpc) is 2.65. The molecule has 1 N–H and O–H groups in total. The van der Waals surface area contributed by atoms with Crippen molar-refractivity contribution in [1.82, 2.24) is 4.98 Å². The van der Waals surface area contributed by atoms with Gasteiger partial charge in [-0.1, -0.05) is 46.3 Å². The van der Waals surface area contributed by atoms with Crippen molar-refractivity contribution in [2.75, 3.05) is 0 Å². The molecule has 0 atom stereocenters. The van der Waals surface area contributed by atoms with Crippen molar-refractivity contribution in [3.63, 3.8) is 0 Å². The van der Waals surface area contributed by atoms with Crippen LogP contribution in [0.4, 0.5) is 0 Å². The lowest BCUT2D eigenvalue weighted by molar-refractivity contribution is 1.30. The molecular weight excluding hydrogens is 274 g/mol. The van der Waals surface area contributed by atoms with Gasteiger partial charge in [0.25, 0.3) is 0 Å². The molecule has 0 aliphatic heterocycles. The lowest BCUT2D eigenvalue weighted by Gasteiger charge is -2.01. The number of halogens is 1. The number of aromatic amines is 1. The number of benzene rings is 2. The van der Waals surface area contributed by atoms with E-state index in [2.05, 4.69) is 70.3 Å². The molecule has 0 unspecified atom stereocenters. The minimum atomic E-state index is 1.11. The van der Waals surface area contributed by atoms with Crippen LogP contribution in [0.2, 0.25) is 0 Å². The highest BCUT2D eigenvalue weighted by atomic mass is 79.9. The monoisotopic (exact) mass is 285 g/mol. The quantitative estimate of drug-likeness (QED) is 0.654. The van der Waals surface area contributed by atoms with E-state index in [-0.39, 0.29) is 0 Å². The van der Waals surface area contributed by atoms with E-state index in [1.54, 1.807) is 0 Å². The predicted molar refractivity (Wildman–Crippen MR) is 76.2 cm³/mol. The second-order valence-corrected chi connectivity index (χ2v) is 5.10. The predicted octanol–water partition coefficient (Wildman–Crippen LogP) is 4.91. The van der Waals surface area contributed by atoms with E-state index in [1.807, 2.05) is 6.07 Å². The molecule has 0 amide bonds. The average molecular weight is 286 g/mol. The van der Waals surface area contributed by atoms with Gasteiger partial charge in [0.2, 0.25) is 0 Å². The van der Waals surface area contributed by atoms with Crippen molar-refractivity contribution in [2.45, 2.75) is 6.92 Å². The molecule has 3 aromatic rings. The van der Waals surface area contributed by atoms with E-state index in [1.165, 1.54) is 27.7 Å². The van der Waals surface area contributed by atoms with Crippen molar-refractivity contribution < 1.29 is 0 Å². The number of aromatic nitrogens is 1. The second-order valence-electron chi connectivity index (χ2n) is 4.18. The lowest BCUT2D eigenvalue weighted by Crippen LogP contribution is -1.78. The van der Waals surface area contributed by atoms with Gasteiger partial charge >= 0.3 is 0 Å². The molecule has 1 nitrogen and oxygen atoms in total. The number of rotatable bonds is 1. The van der Waals surface area contributed by atoms with Gasteiger partial charge in [-0.2, -0.15) is 0 Å². The van der Waals surface area contributed by atoms with Crippen molar-refractivity contribution in [3.8, 4) is 11.1 Å². The molecule has 84 valence electrons. The van der Waals surface area contributed by atoms with Crippen LogP contribution in [-0.4, -0.2) is 4.98 Å². The zero-order valence-corrected chi connectivity index (χ0v) is 11.1. The molecule has 0 saturated heterocycles. The minimum Gasteiger partial charge on any atom is -0.358 e. The van der Waals surface area contributed by atoms with E-state index in [4.69, 9.17) is 0 Å². The maximum Gasteiger partial charge on any atom is 0.0463 e. The largest absolute Gasteiger partial charge is 0.358 e. The molecule has 1 heterocycles. The number of hydrogen-bond acceptors (Lipinski definition) is 0. The smallest absolute Gasteiger partial charge is 0.0463 e. The molecule has 0 spiro atoms. The van der Waals surface area contributed by atoms with Crippen LogP contribution in [0, 0.1) is 6.92 Å². The summed E-state index contributed by atoms with van der Waals surface area (Å²) < 4.78 is 1.11. The SMILES string of the molecule is Cc1[nH]c2ccc(Br)cc2c1-c1ccccc1. The van der Waals surface area contributed by atoms with Crippen LogP contribution in [0.15, 0.2) is 53.0 Å². The summed E-state index contributed by atoms with van der Waals surface area (Å²) in [6, 6.07) is 16.8. The number of nitrogens with one attached hydrogen (secondary N) is 1. The van der Waals surface area contributed by atoms with E-state index >= 15 is 0 Å². The summed E-state index contributed by atoms with van der Waals surface area (Å²) in [5, 5.41) is 1.27. The highest BCUT2D eigenvalue weighted by Crippen LogP contribution is 2.33. The van der Waals surface area contributed by atoms with Gasteiger partial charge in [-0.25, -0.2) is 0 Å². The van der Waals surface area contributed by atoms with Crippen LogP contribution in [0.1, 0.15) is 5.69 Å². The molecule has 2 heteroatoms. The van der Waals surface area contributed by atoms with Crippen molar-refractivity contribution >= 4 is 26.8 Å². The third-order valence-corrected chi connectivity index (χ3v) is 3.50. The summed E-state index contributed by atoms with van der Waals surface area (Å²) in [5.74, 6) is 0. The highest BCUT2D eigenvalue weighted by Gasteiger charge is 2.10. The Balaban J connectivity index is 2.35. The molecular formula is C15H12BrN. The van der Waals surface area contributed by atoms with Crippen molar-refractivity contribution in [1.29, 1.82) is 0 Å². The fourth-order valence-electron chi connectivity index (χ4n) is 2.28. The molecule has 17 heavy (non-hydrogen) atoms. The Morgan fingerprint density at radius 2 is 1.76 bits per heavy atom. The molecule has 0 fully saturated rings. The van der Waals surface area contributed by atoms with Gasteiger partial charge in [0, 0.05) is 26.6 Å². The molecule has 2 aromatic carbocycles. The van der Waals surface area contributed by atoms with E-state index in [0.29, 0.717) is 0 Å². The first-order chi connectivity index (χ1) is 8.25. The van der Waals surface area contributed by atoms with Crippen LogP contribution >= 0.6 is 15.9 Å². The maximum atomic E-state index is 3.53. The van der Waals surface area contributed by atoms with E-state index in [9.17, 15) is 0 Å². The molecule has 0 radical (unpaired) electrons. The Labute approximate surface area is 109 Å². The topological polar surface area (TPSA) is 15.8 Å². The Morgan fingerprint density at radius 1 is 1.00 bits per heavy atom. The molecule has 0 aliphatic rings. The highest BCUT2D eigenvalue weighted by molar-refractivity contribution is 9.10. The van der Waals surface area contributed by atoms with Gasteiger partial charge in [0.15, 0.2) is 0 Å². The van der Waals surface area contributed by atoms with E-state index in [0.717, 1.165) is 4.47 Å². The first-order valence-corrected chi connectivity index (χ1v) is 6.38. The van der Waals surface area contributed by atoms with Gasteiger partial charge in [0.1, 0.15) is 0 Å². The Hall–Kier alpha value is -1.54. The van der Waals surface area contributed by atoms with Crippen LogP contribution in [0.5, 0.6) is 0 Å². The Bertz CT molecular complexity index is 668. The van der Waals surface area contributed by atoms with Crippen LogP contribution in [0.3, 0.4) is 0 Å². The summed E-state index contributed by atoms with van der Waals surface area (Å²) in [7, 11) is 0. The van der Waals surface area contributed by atoms with Gasteiger partial charge < -0.3 is 4.98 Å². The second kappa shape index (κ2) is 4.04. The van der Waals surface area contributed by atoms with Gasteiger partial charge in [-0.3, -0.25) is 0 Å². The first-order valence-electron chi connectivity index (χ1n) is 5.59. The van der Waals surface area contributed by atoms with Crippen molar-refractivity contribution in [3.05, 3.63) is 58.7 Å². The normalized spacial score (nSPS) is 10.9. The number of aryl methyl sites for hydroxylation is 1. The molecule has 3 rings (SSSR count). The number of hydrogen-bond donors (Lipinski definition) is 1. The molecule has 0 aliphatic carbocycles. The van der Waals surface area contributed by atoms with Gasteiger partial charge in [0.05, 0.1) is 0 Å². The van der Waals surface area contributed by atoms with Gasteiger partial charge in [-0.15, -0.1) is 0 Å². The molecule has 0 saturated carbocycles. The summed E-state index contributed by atoms with van der Waals surface area (Å²) in [6.07, 6.45) is 0. The van der Waals surface area contributed by atoms with Crippen LogP contribution in [0.25, 0.3) is 22.0 Å². The van der Waals surface area contributed by atoms with Crippen molar-refractivity contribution in [2.24, 2.45) is 0 Å². The van der Waals surface area contributed by atoms with Gasteiger partial charge in [-0.05, 0) is 30.7 Å².